The van der Waals surface area contributed by atoms with Crippen LogP contribution in [0.2, 0.25) is 0 Å². The third kappa shape index (κ3) is 3.15. The highest BCUT2D eigenvalue weighted by Crippen LogP contribution is 2.52. The number of fused-ring (bicyclic) bond motifs is 5. The summed E-state index contributed by atoms with van der Waals surface area (Å²) < 4.78 is 1.77. The van der Waals surface area contributed by atoms with Crippen LogP contribution in [0.15, 0.2) is 72.4 Å². The molecule has 1 aromatic heterocycles. The Kier molecular flexibility index (Phi) is 4.46. The molecule has 2 aliphatic rings. The van der Waals surface area contributed by atoms with Crippen molar-refractivity contribution in [2.45, 2.75) is 39.3 Å². The van der Waals surface area contributed by atoms with Crippen molar-refractivity contribution in [1.82, 2.24) is 4.57 Å². The summed E-state index contributed by atoms with van der Waals surface area (Å²) >= 11 is 0. The lowest BCUT2D eigenvalue weighted by Gasteiger charge is -2.40. The fourth-order valence-corrected chi connectivity index (χ4v) is 5.85. The molecule has 0 bridgehead atoms. The fraction of sp³-hybridized carbons (Fsp3) is 0.241. The number of nitrogens with zero attached hydrogens (tertiary/aromatic N) is 1. The maximum atomic E-state index is 13.7. The molecule has 1 unspecified atom stereocenters. The number of carbonyl (C=O) groups is 2. The van der Waals surface area contributed by atoms with E-state index in [1.54, 1.807) is 4.57 Å². The predicted molar refractivity (Wildman–Crippen MR) is 135 cm³/mol. The summed E-state index contributed by atoms with van der Waals surface area (Å²) in [5.41, 5.74) is 5.76. The van der Waals surface area contributed by atoms with Crippen molar-refractivity contribution in [3.63, 3.8) is 0 Å². The standard InChI is InChI=1S/C29H26N2O3/c1-29(2)13-20-26-18-8-4-3-7-17(18)11-12-22(26)30-28(27(20)24(32)14-29)21-15-31(16-25(33)34)23-10-6-5-9-19(21)23/h3-12,15,28,30H,13-14,16H2,1-2H3,(H,33,34). The Morgan fingerprint density at radius 3 is 2.56 bits per heavy atom. The van der Waals surface area contributed by atoms with Crippen LogP contribution in [0, 0.1) is 5.41 Å². The lowest BCUT2D eigenvalue weighted by atomic mass is 9.68. The van der Waals surface area contributed by atoms with Crippen molar-refractivity contribution in [2.24, 2.45) is 5.41 Å². The lowest BCUT2D eigenvalue weighted by molar-refractivity contribution is -0.137. The van der Waals surface area contributed by atoms with Gasteiger partial charge >= 0.3 is 5.97 Å². The molecule has 1 atom stereocenters. The summed E-state index contributed by atoms with van der Waals surface area (Å²) in [5.74, 6) is -0.728. The van der Waals surface area contributed by atoms with Gasteiger partial charge in [-0.3, -0.25) is 9.59 Å². The van der Waals surface area contributed by atoms with Gasteiger partial charge in [0, 0.05) is 45.9 Å². The Labute approximate surface area is 197 Å². The highest BCUT2D eigenvalue weighted by molar-refractivity contribution is 6.13. The number of aromatic nitrogens is 1. The van der Waals surface area contributed by atoms with Crippen LogP contribution in [-0.4, -0.2) is 21.4 Å². The van der Waals surface area contributed by atoms with Crippen molar-refractivity contribution >= 4 is 44.7 Å². The zero-order chi connectivity index (χ0) is 23.6. The van der Waals surface area contributed by atoms with Crippen molar-refractivity contribution in [1.29, 1.82) is 0 Å². The molecule has 4 aromatic rings. The van der Waals surface area contributed by atoms with E-state index in [9.17, 15) is 14.7 Å². The van der Waals surface area contributed by atoms with Gasteiger partial charge in [-0.2, -0.15) is 0 Å². The van der Waals surface area contributed by atoms with Gasteiger partial charge in [-0.15, -0.1) is 0 Å². The third-order valence-corrected chi connectivity index (χ3v) is 7.18. The van der Waals surface area contributed by atoms with E-state index in [0.29, 0.717) is 6.42 Å². The SMILES string of the molecule is CC1(C)CC(=O)C2=C(C1)c1c(ccc3ccccc13)NC2c1cn(CC(=O)O)c2ccccc12. The van der Waals surface area contributed by atoms with Crippen molar-refractivity contribution in [3.8, 4) is 0 Å². The van der Waals surface area contributed by atoms with Gasteiger partial charge in [0.15, 0.2) is 5.78 Å². The quantitative estimate of drug-likeness (QED) is 0.390. The van der Waals surface area contributed by atoms with Gasteiger partial charge in [0.05, 0.1) is 6.04 Å². The molecular formula is C29H26N2O3. The second-order valence-corrected chi connectivity index (χ2v) is 10.2. The van der Waals surface area contributed by atoms with E-state index in [2.05, 4.69) is 43.4 Å². The van der Waals surface area contributed by atoms with Crippen LogP contribution in [0.1, 0.15) is 43.9 Å². The topological polar surface area (TPSA) is 71.3 Å². The fourth-order valence-electron chi connectivity index (χ4n) is 5.85. The van der Waals surface area contributed by atoms with E-state index in [0.717, 1.165) is 56.1 Å². The first-order valence-corrected chi connectivity index (χ1v) is 11.7. The summed E-state index contributed by atoms with van der Waals surface area (Å²) in [4.78, 5) is 25.2. The molecule has 1 aliphatic carbocycles. The number of Topliss-reactive ketones (excluding diaryl/α,β-unsaturated/α-hetero) is 1. The second-order valence-electron chi connectivity index (χ2n) is 10.2. The Bertz CT molecular complexity index is 1540. The van der Waals surface area contributed by atoms with Gasteiger partial charge in [-0.1, -0.05) is 62.4 Å². The molecule has 0 amide bonds. The third-order valence-electron chi connectivity index (χ3n) is 7.18. The van der Waals surface area contributed by atoms with E-state index in [1.807, 2.05) is 42.6 Å². The number of allylic oxidation sites excluding steroid dienone is 1. The summed E-state index contributed by atoms with van der Waals surface area (Å²) in [6, 6.07) is 20.0. The number of carbonyl (C=O) groups excluding carboxylic acids is 1. The first kappa shape index (κ1) is 20.7. The Morgan fingerprint density at radius 1 is 1.03 bits per heavy atom. The number of benzene rings is 3. The summed E-state index contributed by atoms with van der Waals surface area (Å²) in [6.07, 6.45) is 3.22. The molecule has 2 heterocycles. The van der Waals surface area contributed by atoms with Crippen molar-refractivity contribution < 1.29 is 14.7 Å². The van der Waals surface area contributed by atoms with E-state index in [4.69, 9.17) is 0 Å². The Balaban J connectivity index is 1.63. The molecule has 0 saturated heterocycles. The summed E-state index contributed by atoms with van der Waals surface area (Å²) in [6.45, 7) is 4.20. The minimum absolute atomic E-state index is 0.122. The Morgan fingerprint density at radius 2 is 1.76 bits per heavy atom. The van der Waals surface area contributed by atoms with Gasteiger partial charge in [0.1, 0.15) is 6.54 Å². The molecular weight excluding hydrogens is 424 g/mol. The van der Waals surface area contributed by atoms with E-state index in [-0.39, 0.29) is 23.8 Å². The Hall–Kier alpha value is -3.86. The van der Waals surface area contributed by atoms with Gasteiger partial charge in [0.2, 0.25) is 0 Å². The largest absolute Gasteiger partial charge is 0.480 e. The zero-order valence-electron chi connectivity index (χ0n) is 19.3. The minimum atomic E-state index is -0.892. The summed E-state index contributed by atoms with van der Waals surface area (Å²) in [5, 5.41) is 16.4. The number of anilines is 1. The zero-order valence-corrected chi connectivity index (χ0v) is 19.3. The van der Waals surface area contributed by atoms with Gasteiger partial charge in [-0.05, 0) is 40.3 Å². The molecule has 0 spiro atoms. The van der Waals surface area contributed by atoms with E-state index in [1.165, 1.54) is 0 Å². The normalized spacial score (nSPS) is 19.1. The molecule has 0 radical (unpaired) electrons. The monoisotopic (exact) mass is 450 g/mol. The number of carboxylic acids is 1. The number of hydrogen-bond acceptors (Lipinski definition) is 3. The first-order chi connectivity index (χ1) is 16.3. The van der Waals surface area contributed by atoms with Crippen LogP contribution in [0.5, 0.6) is 0 Å². The van der Waals surface area contributed by atoms with Crippen LogP contribution < -0.4 is 5.32 Å². The molecule has 5 nitrogen and oxygen atoms in total. The number of aliphatic carboxylic acids is 1. The lowest BCUT2D eigenvalue weighted by Crippen LogP contribution is -2.33. The summed E-state index contributed by atoms with van der Waals surface area (Å²) in [7, 11) is 0. The van der Waals surface area contributed by atoms with Gasteiger partial charge in [0.25, 0.3) is 0 Å². The minimum Gasteiger partial charge on any atom is -0.480 e. The highest BCUT2D eigenvalue weighted by Gasteiger charge is 2.41. The van der Waals surface area contributed by atoms with Gasteiger partial charge in [-0.25, -0.2) is 0 Å². The maximum Gasteiger partial charge on any atom is 0.323 e. The molecule has 2 N–H and O–H groups in total. The van der Waals surface area contributed by atoms with Crippen LogP contribution in [-0.2, 0) is 16.1 Å². The number of para-hydroxylation sites is 1. The molecule has 34 heavy (non-hydrogen) atoms. The van der Waals surface area contributed by atoms with Crippen LogP contribution in [0.4, 0.5) is 5.69 Å². The molecule has 3 aromatic carbocycles. The van der Waals surface area contributed by atoms with Crippen molar-refractivity contribution in [3.05, 3.63) is 83.6 Å². The van der Waals surface area contributed by atoms with Crippen LogP contribution in [0.25, 0.3) is 27.2 Å². The number of hydrogen-bond donors (Lipinski definition) is 2. The number of rotatable bonds is 3. The predicted octanol–water partition coefficient (Wildman–Crippen LogP) is 6.19. The first-order valence-electron chi connectivity index (χ1n) is 11.7. The molecule has 0 fully saturated rings. The molecule has 170 valence electrons. The van der Waals surface area contributed by atoms with E-state index < -0.39 is 5.97 Å². The maximum absolute atomic E-state index is 13.7. The number of ketones is 1. The van der Waals surface area contributed by atoms with Crippen LogP contribution >= 0.6 is 0 Å². The van der Waals surface area contributed by atoms with Crippen molar-refractivity contribution in [2.75, 3.05) is 5.32 Å². The molecule has 0 saturated carbocycles. The molecule has 5 heteroatoms. The average molecular weight is 451 g/mol. The van der Waals surface area contributed by atoms with Crippen LogP contribution in [0.3, 0.4) is 0 Å². The second kappa shape index (κ2) is 7.32. The highest BCUT2D eigenvalue weighted by atomic mass is 16.4. The molecule has 1 aliphatic heterocycles. The molecule has 6 rings (SSSR count). The number of carboxylic acid groups (broad SMARTS) is 1. The average Bonchev–Trinajstić information content (AvgIpc) is 3.15. The smallest absolute Gasteiger partial charge is 0.323 e. The van der Waals surface area contributed by atoms with E-state index >= 15 is 0 Å². The van der Waals surface area contributed by atoms with Gasteiger partial charge < -0.3 is 15.0 Å². The number of nitrogens with one attached hydrogen (secondary N) is 1.